The van der Waals surface area contributed by atoms with Crippen LogP contribution in [0.25, 0.3) is 0 Å². The van der Waals surface area contributed by atoms with E-state index in [2.05, 4.69) is 43.1 Å². The van der Waals surface area contributed by atoms with Crippen LogP contribution in [-0.4, -0.2) is 38.2 Å². The van der Waals surface area contributed by atoms with Crippen molar-refractivity contribution in [3.05, 3.63) is 29.8 Å². The normalized spacial score (nSPS) is 12.9. The van der Waals surface area contributed by atoms with E-state index in [4.69, 9.17) is 4.74 Å². The topological polar surface area (TPSA) is 24.5 Å². The number of hydrogen-bond acceptors (Lipinski definition) is 3. The highest BCUT2D eigenvalue weighted by atomic mass is 16.5. The van der Waals surface area contributed by atoms with E-state index in [1.807, 2.05) is 19.2 Å². The minimum atomic E-state index is 0.296. The Labute approximate surface area is 130 Å². The van der Waals surface area contributed by atoms with E-state index in [9.17, 15) is 0 Å². The summed E-state index contributed by atoms with van der Waals surface area (Å²) in [6, 6.07) is 9.16. The smallest absolute Gasteiger partial charge is 0.123 e. The van der Waals surface area contributed by atoms with Crippen LogP contribution in [0.3, 0.4) is 0 Å². The molecule has 0 saturated carbocycles. The van der Waals surface area contributed by atoms with Gasteiger partial charge in [-0.15, -0.1) is 0 Å². The van der Waals surface area contributed by atoms with Gasteiger partial charge in [0.1, 0.15) is 5.75 Å². The highest BCUT2D eigenvalue weighted by Gasteiger charge is 2.19. The van der Waals surface area contributed by atoms with Gasteiger partial charge in [0.05, 0.1) is 7.11 Å². The number of unbranched alkanes of at least 4 members (excludes halogenated alkanes) is 2. The van der Waals surface area contributed by atoms with E-state index in [-0.39, 0.29) is 0 Å². The number of ether oxygens (including phenoxy) is 1. The van der Waals surface area contributed by atoms with Crippen LogP contribution in [0.5, 0.6) is 5.75 Å². The summed E-state index contributed by atoms with van der Waals surface area (Å²) in [6.45, 7) is 8.99. The van der Waals surface area contributed by atoms with Gasteiger partial charge in [0.2, 0.25) is 0 Å². The molecule has 0 fully saturated rings. The molecular weight excluding hydrogens is 260 g/mol. The standard InChI is InChI=1S/C18H32N2O/c1-6-7-10-13-20(15(2)3)14-17(19-4)16-11-8-9-12-18(16)21-5/h8-9,11-12,15,17,19H,6-7,10,13-14H2,1-5H3. The van der Waals surface area contributed by atoms with Crippen LogP contribution in [0.4, 0.5) is 0 Å². The first kappa shape index (κ1) is 18.0. The van der Waals surface area contributed by atoms with Crippen molar-refractivity contribution in [2.75, 3.05) is 27.2 Å². The van der Waals surface area contributed by atoms with E-state index in [1.165, 1.54) is 31.4 Å². The van der Waals surface area contributed by atoms with E-state index >= 15 is 0 Å². The fraction of sp³-hybridized carbons (Fsp3) is 0.667. The Morgan fingerprint density at radius 3 is 2.48 bits per heavy atom. The summed E-state index contributed by atoms with van der Waals surface area (Å²) in [4.78, 5) is 2.56. The lowest BCUT2D eigenvalue weighted by atomic mass is 10.0. The van der Waals surface area contributed by atoms with Crippen LogP contribution in [0.1, 0.15) is 51.6 Å². The molecule has 0 aliphatic heterocycles. The molecule has 3 heteroatoms. The predicted octanol–water partition coefficient (Wildman–Crippen LogP) is 3.86. The Balaban J connectivity index is 2.77. The summed E-state index contributed by atoms with van der Waals surface area (Å²) in [5.74, 6) is 0.967. The number of benzene rings is 1. The molecule has 0 bridgehead atoms. The van der Waals surface area contributed by atoms with Gasteiger partial charge in [-0.05, 0) is 39.9 Å². The number of hydrogen-bond donors (Lipinski definition) is 1. The SMILES string of the molecule is CCCCCN(CC(NC)c1ccccc1OC)C(C)C. The number of nitrogens with zero attached hydrogens (tertiary/aromatic N) is 1. The maximum atomic E-state index is 5.51. The van der Waals surface area contributed by atoms with Crippen LogP contribution in [0.15, 0.2) is 24.3 Å². The summed E-state index contributed by atoms with van der Waals surface area (Å²) in [7, 11) is 3.77. The summed E-state index contributed by atoms with van der Waals surface area (Å²) < 4.78 is 5.51. The second-order valence-corrected chi connectivity index (χ2v) is 5.88. The molecule has 1 unspecified atom stereocenters. The molecule has 1 aromatic carbocycles. The Bertz CT molecular complexity index is 393. The molecule has 0 saturated heterocycles. The predicted molar refractivity (Wildman–Crippen MR) is 91.0 cm³/mol. The van der Waals surface area contributed by atoms with Gasteiger partial charge in [-0.2, -0.15) is 0 Å². The fourth-order valence-corrected chi connectivity index (χ4v) is 2.66. The molecule has 0 aliphatic rings. The summed E-state index contributed by atoms with van der Waals surface area (Å²) in [6.07, 6.45) is 3.85. The zero-order valence-electron chi connectivity index (χ0n) is 14.4. The van der Waals surface area contributed by atoms with Crippen LogP contribution in [0, 0.1) is 0 Å². The van der Waals surface area contributed by atoms with Crippen molar-refractivity contribution in [3.8, 4) is 5.75 Å². The zero-order chi connectivity index (χ0) is 15.7. The van der Waals surface area contributed by atoms with Crippen molar-refractivity contribution in [2.24, 2.45) is 0 Å². The number of nitrogens with one attached hydrogen (secondary N) is 1. The molecule has 1 atom stereocenters. The van der Waals surface area contributed by atoms with Gasteiger partial charge in [-0.1, -0.05) is 38.0 Å². The lowest BCUT2D eigenvalue weighted by Gasteiger charge is -2.31. The average Bonchev–Trinajstić information content (AvgIpc) is 2.50. The van der Waals surface area contributed by atoms with Gasteiger partial charge < -0.3 is 10.1 Å². The molecule has 21 heavy (non-hydrogen) atoms. The largest absolute Gasteiger partial charge is 0.496 e. The van der Waals surface area contributed by atoms with E-state index in [0.717, 1.165) is 12.3 Å². The maximum absolute atomic E-state index is 5.51. The molecule has 0 heterocycles. The van der Waals surface area contributed by atoms with Gasteiger partial charge in [0.15, 0.2) is 0 Å². The second kappa shape index (κ2) is 9.80. The third-order valence-electron chi connectivity index (χ3n) is 4.06. The molecule has 0 aromatic heterocycles. The van der Waals surface area contributed by atoms with Crippen LogP contribution in [0.2, 0.25) is 0 Å². The van der Waals surface area contributed by atoms with Gasteiger partial charge in [-0.25, -0.2) is 0 Å². The quantitative estimate of drug-likeness (QED) is 0.663. The molecule has 1 N–H and O–H groups in total. The Morgan fingerprint density at radius 1 is 1.19 bits per heavy atom. The first-order valence-corrected chi connectivity index (χ1v) is 8.18. The lowest BCUT2D eigenvalue weighted by Crippen LogP contribution is -2.39. The van der Waals surface area contributed by atoms with Crippen LogP contribution < -0.4 is 10.1 Å². The monoisotopic (exact) mass is 292 g/mol. The number of methoxy groups -OCH3 is 1. The third kappa shape index (κ3) is 5.68. The van der Waals surface area contributed by atoms with Crippen molar-refractivity contribution < 1.29 is 4.74 Å². The molecule has 0 aliphatic carbocycles. The van der Waals surface area contributed by atoms with Crippen molar-refractivity contribution in [2.45, 2.75) is 52.1 Å². The third-order valence-corrected chi connectivity index (χ3v) is 4.06. The molecular formula is C18H32N2O. The van der Waals surface area contributed by atoms with Crippen LogP contribution >= 0.6 is 0 Å². The van der Waals surface area contributed by atoms with Gasteiger partial charge in [0, 0.05) is 24.2 Å². The average molecular weight is 292 g/mol. The van der Waals surface area contributed by atoms with E-state index in [1.54, 1.807) is 7.11 Å². The fourth-order valence-electron chi connectivity index (χ4n) is 2.66. The first-order valence-electron chi connectivity index (χ1n) is 8.18. The molecule has 120 valence electrons. The van der Waals surface area contributed by atoms with E-state index < -0.39 is 0 Å². The Hall–Kier alpha value is -1.06. The summed E-state index contributed by atoms with van der Waals surface area (Å²) in [5.41, 5.74) is 1.24. The van der Waals surface area contributed by atoms with Gasteiger partial charge >= 0.3 is 0 Å². The van der Waals surface area contributed by atoms with Crippen molar-refractivity contribution >= 4 is 0 Å². The highest BCUT2D eigenvalue weighted by molar-refractivity contribution is 5.36. The maximum Gasteiger partial charge on any atom is 0.123 e. The summed E-state index contributed by atoms with van der Waals surface area (Å²) >= 11 is 0. The van der Waals surface area contributed by atoms with E-state index in [0.29, 0.717) is 12.1 Å². The second-order valence-electron chi connectivity index (χ2n) is 5.88. The van der Waals surface area contributed by atoms with Gasteiger partial charge in [-0.3, -0.25) is 4.90 Å². The number of rotatable bonds is 10. The Kier molecular flexibility index (Phi) is 8.40. The molecule has 0 spiro atoms. The highest BCUT2D eigenvalue weighted by Crippen LogP contribution is 2.25. The zero-order valence-corrected chi connectivity index (χ0v) is 14.4. The lowest BCUT2D eigenvalue weighted by molar-refractivity contribution is 0.195. The molecule has 1 rings (SSSR count). The summed E-state index contributed by atoms with van der Waals surface area (Å²) in [5, 5.41) is 3.45. The minimum absolute atomic E-state index is 0.296. The van der Waals surface area contributed by atoms with Gasteiger partial charge in [0.25, 0.3) is 0 Å². The number of likely N-dealkylation sites (N-methyl/N-ethyl adjacent to an activating group) is 1. The van der Waals surface area contributed by atoms with Crippen LogP contribution in [-0.2, 0) is 0 Å². The molecule has 0 amide bonds. The molecule has 1 aromatic rings. The first-order chi connectivity index (χ1) is 10.1. The minimum Gasteiger partial charge on any atom is -0.496 e. The number of para-hydroxylation sites is 1. The van der Waals surface area contributed by atoms with Crippen molar-refractivity contribution in [1.82, 2.24) is 10.2 Å². The van der Waals surface area contributed by atoms with Crippen molar-refractivity contribution in [1.29, 1.82) is 0 Å². The Morgan fingerprint density at radius 2 is 1.90 bits per heavy atom. The molecule has 3 nitrogen and oxygen atoms in total. The molecule has 0 radical (unpaired) electrons. The van der Waals surface area contributed by atoms with Crippen molar-refractivity contribution in [3.63, 3.8) is 0 Å².